The number of benzene rings is 2. The second-order valence-electron chi connectivity index (χ2n) is 6.36. The average Bonchev–Trinajstić information content (AvgIpc) is 3.03. The summed E-state index contributed by atoms with van der Waals surface area (Å²) < 4.78 is 4.90. The van der Waals surface area contributed by atoms with Gasteiger partial charge in [0.15, 0.2) is 0 Å². The largest absolute Gasteiger partial charge is 1.00 e. The number of rotatable bonds is 2. The predicted octanol–water partition coefficient (Wildman–Crippen LogP) is -1.74. The normalized spacial score (nSPS) is 24.3. The van der Waals surface area contributed by atoms with Crippen LogP contribution in [0.3, 0.4) is 0 Å². The van der Waals surface area contributed by atoms with E-state index in [-0.39, 0.29) is 24.8 Å². The van der Waals surface area contributed by atoms with E-state index in [4.69, 9.17) is 0 Å². The first-order chi connectivity index (χ1) is 10.4. The molecular weight excluding hydrogens is 440 g/mol. The molecule has 0 aromatic heterocycles. The minimum Gasteiger partial charge on any atom is -1.00 e. The van der Waals surface area contributed by atoms with Crippen molar-refractivity contribution in [3.63, 3.8) is 0 Å². The molecule has 2 aromatic rings. The van der Waals surface area contributed by atoms with Crippen LogP contribution in [-0.4, -0.2) is 11.6 Å². The first-order valence-corrected chi connectivity index (χ1v) is 15.9. The van der Waals surface area contributed by atoms with Crippen molar-refractivity contribution in [3.8, 4) is 0 Å². The summed E-state index contributed by atoms with van der Waals surface area (Å²) in [4.78, 5) is 0. The van der Waals surface area contributed by atoms with E-state index in [0.717, 1.165) is 7.25 Å². The molecule has 2 aromatic carbocycles. The van der Waals surface area contributed by atoms with Crippen LogP contribution in [0.25, 0.3) is 0 Å². The van der Waals surface area contributed by atoms with Crippen LogP contribution in [0.1, 0.15) is 18.4 Å². The number of hydrogen-bond donors (Lipinski definition) is 0. The van der Waals surface area contributed by atoms with Gasteiger partial charge in [-0.15, -0.1) is 0 Å². The Morgan fingerprint density at radius 2 is 1.13 bits per heavy atom. The summed E-state index contributed by atoms with van der Waals surface area (Å²) in [5.74, 6) is 5.30. The van der Waals surface area contributed by atoms with Crippen molar-refractivity contribution in [1.29, 1.82) is 0 Å². The molecule has 0 radical (unpaired) electrons. The summed E-state index contributed by atoms with van der Waals surface area (Å²) in [6, 6.07) is 18.4. The van der Waals surface area contributed by atoms with Gasteiger partial charge < -0.3 is 24.8 Å². The summed E-state index contributed by atoms with van der Waals surface area (Å²) in [5.41, 5.74) is 3.36. The maximum absolute atomic E-state index is 2.65. The molecule has 23 heavy (non-hydrogen) atoms. The van der Waals surface area contributed by atoms with E-state index in [1.54, 1.807) is 30.0 Å². The maximum Gasteiger partial charge on any atom is -1.00 e. The maximum atomic E-state index is 2.65. The molecule has 0 nitrogen and oxygen atoms in total. The third-order valence-corrected chi connectivity index (χ3v) is 21.5. The van der Waals surface area contributed by atoms with E-state index < -0.39 is 20.3 Å². The topological polar surface area (TPSA) is 0 Å². The Balaban J connectivity index is 0.000000781. The monoisotopic (exact) mass is 454 g/mol. The van der Waals surface area contributed by atoms with Crippen molar-refractivity contribution in [1.82, 2.24) is 0 Å². The summed E-state index contributed by atoms with van der Waals surface area (Å²) in [6.45, 7) is 0. The summed E-state index contributed by atoms with van der Waals surface area (Å²) in [6.07, 6.45) is 0. The van der Waals surface area contributed by atoms with E-state index >= 15 is 0 Å². The van der Waals surface area contributed by atoms with Gasteiger partial charge in [0.05, 0.1) is 0 Å². The van der Waals surface area contributed by atoms with Crippen LogP contribution in [0.2, 0.25) is 8.26 Å². The Kier molecular flexibility index (Phi) is 5.39. The van der Waals surface area contributed by atoms with Gasteiger partial charge in [0, 0.05) is 0 Å². The zero-order valence-electron chi connectivity index (χ0n) is 12.5. The van der Waals surface area contributed by atoms with Gasteiger partial charge in [-0.2, -0.15) is 0 Å². The van der Waals surface area contributed by atoms with Crippen molar-refractivity contribution in [2.45, 2.75) is 15.5 Å². The second-order valence-corrected chi connectivity index (χ2v) is 20.0. The molecule has 5 rings (SSSR count). The van der Waals surface area contributed by atoms with Crippen LogP contribution in [0, 0.1) is 0 Å². The Hall–Kier alpha value is 0.243. The second kappa shape index (κ2) is 6.86. The predicted molar refractivity (Wildman–Crippen MR) is 93.2 cm³/mol. The Bertz CT molecular complexity index is 736. The molecule has 0 saturated carbocycles. The first-order valence-electron chi connectivity index (χ1n) is 7.65. The Morgan fingerprint density at radius 3 is 1.57 bits per heavy atom. The molecule has 0 bridgehead atoms. The third-order valence-electron chi connectivity index (χ3n) is 5.34. The van der Waals surface area contributed by atoms with Crippen molar-refractivity contribution in [2.24, 2.45) is 0 Å². The van der Waals surface area contributed by atoms with Gasteiger partial charge in [0.1, 0.15) is 0 Å². The van der Waals surface area contributed by atoms with Crippen molar-refractivity contribution in [2.75, 3.05) is 0 Å². The molecule has 2 unspecified atom stereocenters. The third kappa shape index (κ3) is 2.78. The van der Waals surface area contributed by atoms with Gasteiger partial charge in [-0.05, 0) is 0 Å². The zero-order valence-corrected chi connectivity index (χ0v) is 18.3. The zero-order chi connectivity index (χ0) is 13.9. The SMILES string of the molecule is C1=Pc2ccccc2[CH]1[Zr+2]1([CH]2C=Pc3ccccc32)[CH2][CH2]1.[Cl-].[Cl-]. The average molecular weight is 456 g/mol. The minimum absolute atomic E-state index is 0. The molecule has 5 heteroatoms. The molecule has 0 spiro atoms. The van der Waals surface area contributed by atoms with Crippen molar-refractivity contribution in [3.05, 3.63) is 59.7 Å². The summed E-state index contributed by atoms with van der Waals surface area (Å²) in [5, 5.41) is 3.16. The minimum atomic E-state index is -2.08. The first kappa shape index (κ1) is 18.0. The molecular formula is C18H16Cl2P2Zr. The molecule has 0 amide bonds. The summed E-state index contributed by atoms with van der Waals surface area (Å²) >= 11 is -2.08. The fourth-order valence-electron chi connectivity index (χ4n) is 4.08. The van der Waals surface area contributed by atoms with Gasteiger partial charge in [0.2, 0.25) is 0 Å². The van der Waals surface area contributed by atoms with E-state index in [9.17, 15) is 0 Å². The molecule has 1 saturated heterocycles. The van der Waals surface area contributed by atoms with Gasteiger partial charge in [0.25, 0.3) is 0 Å². The van der Waals surface area contributed by atoms with Crippen LogP contribution in [0.15, 0.2) is 48.5 Å². The van der Waals surface area contributed by atoms with E-state index in [2.05, 4.69) is 60.1 Å². The molecule has 3 aliphatic heterocycles. The molecule has 2 atom stereocenters. The molecule has 0 N–H and O–H groups in total. The van der Waals surface area contributed by atoms with Crippen molar-refractivity contribution >= 4 is 38.6 Å². The van der Waals surface area contributed by atoms with Crippen LogP contribution in [0.4, 0.5) is 0 Å². The number of fused-ring (bicyclic) bond motifs is 2. The van der Waals surface area contributed by atoms with Gasteiger partial charge >= 0.3 is 134 Å². The van der Waals surface area contributed by atoms with Crippen LogP contribution in [0.5, 0.6) is 0 Å². The van der Waals surface area contributed by atoms with Crippen LogP contribution >= 0.6 is 16.4 Å². The number of hydrogen-bond acceptors (Lipinski definition) is 0. The number of halogens is 2. The van der Waals surface area contributed by atoms with Crippen molar-refractivity contribution < 1.29 is 45.1 Å². The van der Waals surface area contributed by atoms with E-state index in [1.807, 2.05) is 0 Å². The Morgan fingerprint density at radius 1 is 0.696 bits per heavy atom. The van der Waals surface area contributed by atoms with Crippen LogP contribution < -0.4 is 35.4 Å². The molecule has 0 aliphatic carbocycles. The van der Waals surface area contributed by atoms with Gasteiger partial charge in [-0.3, -0.25) is 0 Å². The Labute approximate surface area is 157 Å². The smallest absolute Gasteiger partial charge is 1.00 e. The molecule has 3 aliphatic rings. The standard InChI is InChI=1S/2C8H6P.C2H4.2ClH.Zr/c2*1-2-4-8-7(3-1)5-6-9-8;1-2;;;/h2*1-6H;1-2H2;2*1H;/q;;;;;+2/p-2. The van der Waals surface area contributed by atoms with E-state index in [1.165, 1.54) is 16.4 Å². The van der Waals surface area contributed by atoms with E-state index in [0.29, 0.717) is 0 Å². The fraction of sp³-hybridized carbons (Fsp3) is 0.222. The van der Waals surface area contributed by atoms with Gasteiger partial charge in [-0.1, -0.05) is 0 Å². The molecule has 116 valence electrons. The molecule has 1 fully saturated rings. The van der Waals surface area contributed by atoms with Crippen LogP contribution in [-0.2, 0) is 20.3 Å². The van der Waals surface area contributed by atoms with Gasteiger partial charge in [-0.25, -0.2) is 0 Å². The fourth-order valence-corrected chi connectivity index (χ4v) is 26.0. The molecule has 3 heterocycles. The summed E-state index contributed by atoms with van der Waals surface area (Å²) in [7, 11) is 2.95. The quantitative estimate of drug-likeness (QED) is 0.471.